The van der Waals surface area contributed by atoms with Crippen LogP contribution in [0.1, 0.15) is 59.3 Å². The summed E-state index contributed by atoms with van der Waals surface area (Å²) in [4.78, 5) is 24.6. The Bertz CT molecular complexity index is 587. The topological polar surface area (TPSA) is 77.7 Å². The summed E-state index contributed by atoms with van der Waals surface area (Å²) >= 11 is 0. The molecule has 4 rings (SSSR count). The Kier molecular flexibility index (Phi) is 4.55. The second-order valence-corrected chi connectivity index (χ2v) is 9.49. The molecule has 146 valence electrons. The molecule has 0 radical (unpaired) electrons. The maximum atomic E-state index is 12.3. The molecule has 26 heavy (non-hydrogen) atoms. The summed E-state index contributed by atoms with van der Waals surface area (Å²) in [5.41, 5.74) is -0.382. The molecule has 0 aromatic rings. The van der Waals surface area contributed by atoms with Crippen molar-refractivity contribution in [2.75, 3.05) is 13.2 Å². The minimum atomic E-state index is -0.391. The van der Waals surface area contributed by atoms with E-state index in [0.717, 1.165) is 38.5 Å². The van der Waals surface area contributed by atoms with Crippen molar-refractivity contribution in [2.45, 2.75) is 83.2 Å². The van der Waals surface area contributed by atoms with Crippen LogP contribution in [0, 0.1) is 17.3 Å². The Hall–Kier alpha value is -1.14. The second-order valence-electron chi connectivity index (χ2n) is 9.49. The third-order valence-corrected chi connectivity index (χ3v) is 6.40. The first-order valence-corrected chi connectivity index (χ1v) is 9.92. The molecule has 2 saturated heterocycles. The van der Waals surface area contributed by atoms with Gasteiger partial charge in [0.05, 0.1) is 49.0 Å². The summed E-state index contributed by atoms with van der Waals surface area (Å²) in [6.07, 6.45) is 5.96. The Morgan fingerprint density at radius 2 is 1.65 bits per heavy atom. The molecule has 2 aliphatic carbocycles. The van der Waals surface area contributed by atoms with Crippen LogP contribution in [0.5, 0.6) is 0 Å². The molecule has 2 saturated carbocycles. The molecule has 0 spiro atoms. The van der Waals surface area contributed by atoms with E-state index in [9.17, 15) is 9.59 Å². The summed E-state index contributed by atoms with van der Waals surface area (Å²) in [6.45, 7) is 6.54. The van der Waals surface area contributed by atoms with E-state index in [1.807, 2.05) is 13.8 Å². The smallest absolute Gasteiger partial charge is 0.309 e. The van der Waals surface area contributed by atoms with Gasteiger partial charge in [-0.15, -0.1) is 0 Å². The van der Waals surface area contributed by atoms with E-state index < -0.39 is 5.41 Å². The van der Waals surface area contributed by atoms with Gasteiger partial charge in [0.15, 0.2) is 0 Å². The molecule has 0 bridgehead atoms. The van der Waals surface area contributed by atoms with Crippen LogP contribution in [-0.2, 0) is 28.5 Å². The standard InChI is InChI=1S/C20H30O6/c1-19(2,10-23-17(21)12-4-5-14-15(8-12)25-14)11-24-18(22)13-6-7-20(3)16(9-13)26-20/h12-16H,4-11H2,1-3H3. The number of esters is 2. The van der Waals surface area contributed by atoms with E-state index in [-0.39, 0.29) is 54.8 Å². The number of ether oxygens (including phenoxy) is 4. The molecular formula is C20H30O6. The number of hydrogen-bond acceptors (Lipinski definition) is 6. The summed E-state index contributed by atoms with van der Waals surface area (Å²) in [6, 6.07) is 0. The van der Waals surface area contributed by atoms with E-state index in [1.54, 1.807) is 0 Å². The van der Waals surface area contributed by atoms with Crippen molar-refractivity contribution in [1.82, 2.24) is 0 Å². The van der Waals surface area contributed by atoms with Gasteiger partial charge in [0.25, 0.3) is 0 Å². The average molecular weight is 366 g/mol. The minimum absolute atomic E-state index is 0.00882. The van der Waals surface area contributed by atoms with Gasteiger partial charge < -0.3 is 18.9 Å². The van der Waals surface area contributed by atoms with Crippen molar-refractivity contribution >= 4 is 11.9 Å². The molecule has 4 aliphatic rings. The van der Waals surface area contributed by atoms with Crippen molar-refractivity contribution in [1.29, 1.82) is 0 Å². The van der Waals surface area contributed by atoms with Crippen LogP contribution in [0.4, 0.5) is 0 Å². The monoisotopic (exact) mass is 366 g/mol. The molecule has 6 heteroatoms. The van der Waals surface area contributed by atoms with Gasteiger partial charge in [-0.3, -0.25) is 9.59 Å². The molecule has 4 fully saturated rings. The molecule has 0 amide bonds. The third-order valence-electron chi connectivity index (χ3n) is 6.40. The quantitative estimate of drug-likeness (QED) is 0.531. The maximum absolute atomic E-state index is 12.3. The fraction of sp³-hybridized carbons (Fsp3) is 0.900. The van der Waals surface area contributed by atoms with Crippen LogP contribution in [0.3, 0.4) is 0 Å². The van der Waals surface area contributed by atoms with Crippen molar-refractivity contribution in [3.05, 3.63) is 0 Å². The lowest BCUT2D eigenvalue weighted by Gasteiger charge is -2.27. The predicted octanol–water partition coefficient (Wildman–Crippen LogP) is 2.62. The van der Waals surface area contributed by atoms with Crippen LogP contribution >= 0.6 is 0 Å². The number of rotatable bonds is 6. The van der Waals surface area contributed by atoms with Gasteiger partial charge in [-0.2, -0.15) is 0 Å². The average Bonchev–Trinajstić information content (AvgIpc) is 3.50. The highest BCUT2D eigenvalue weighted by Gasteiger charge is 2.56. The highest BCUT2D eigenvalue weighted by Crippen LogP contribution is 2.49. The lowest BCUT2D eigenvalue weighted by Crippen LogP contribution is -2.34. The van der Waals surface area contributed by atoms with Gasteiger partial charge in [-0.05, 0) is 45.4 Å². The first-order valence-electron chi connectivity index (χ1n) is 9.92. The first kappa shape index (κ1) is 18.2. The summed E-state index contributed by atoms with van der Waals surface area (Å²) in [7, 11) is 0. The van der Waals surface area contributed by atoms with Gasteiger partial charge in [0.2, 0.25) is 0 Å². The number of hydrogen-bond donors (Lipinski definition) is 0. The third kappa shape index (κ3) is 3.91. The van der Waals surface area contributed by atoms with Crippen LogP contribution in [-0.4, -0.2) is 49.1 Å². The van der Waals surface area contributed by atoms with E-state index in [2.05, 4.69) is 6.92 Å². The zero-order chi connectivity index (χ0) is 18.5. The fourth-order valence-electron chi connectivity index (χ4n) is 4.29. The van der Waals surface area contributed by atoms with Crippen LogP contribution in [0.2, 0.25) is 0 Å². The lowest BCUT2D eigenvalue weighted by molar-refractivity contribution is -0.158. The van der Waals surface area contributed by atoms with Gasteiger partial charge in [0, 0.05) is 5.41 Å². The molecule has 2 aliphatic heterocycles. The minimum Gasteiger partial charge on any atom is -0.465 e. The molecule has 6 nitrogen and oxygen atoms in total. The van der Waals surface area contributed by atoms with Gasteiger partial charge in [-0.1, -0.05) is 13.8 Å². The van der Waals surface area contributed by atoms with E-state index in [4.69, 9.17) is 18.9 Å². The number of fused-ring (bicyclic) bond motifs is 2. The highest BCUT2D eigenvalue weighted by atomic mass is 16.6. The second kappa shape index (κ2) is 6.48. The molecule has 6 atom stereocenters. The zero-order valence-electron chi connectivity index (χ0n) is 16.0. The SMILES string of the molecule is CC(C)(COC(=O)C1CCC2OC2C1)COC(=O)C1CCC2(C)OC2C1. The Balaban J connectivity index is 1.17. The Morgan fingerprint density at radius 3 is 2.27 bits per heavy atom. The molecule has 2 heterocycles. The Morgan fingerprint density at radius 1 is 1.00 bits per heavy atom. The Labute approximate surface area is 154 Å². The molecule has 6 unspecified atom stereocenters. The van der Waals surface area contributed by atoms with E-state index >= 15 is 0 Å². The number of carbonyl (C=O) groups is 2. The van der Waals surface area contributed by atoms with Gasteiger partial charge >= 0.3 is 11.9 Å². The van der Waals surface area contributed by atoms with Crippen LogP contribution in [0.25, 0.3) is 0 Å². The zero-order valence-corrected chi connectivity index (χ0v) is 16.0. The number of carbonyl (C=O) groups excluding carboxylic acids is 2. The van der Waals surface area contributed by atoms with Crippen LogP contribution in [0.15, 0.2) is 0 Å². The van der Waals surface area contributed by atoms with Crippen molar-refractivity contribution in [2.24, 2.45) is 17.3 Å². The van der Waals surface area contributed by atoms with Gasteiger partial charge in [-0.25, -0.2) is 0 Å². The molecule has 0 N–H and O–H groups in total. The van der Waals surface area contributed by atoms with Crippen LogP contribution < -0.4 is 0 Å². The predicted molar refractivity (Wildman–Crippen MR) is 92.3 cm³/mol. The fourth-order valence-corrected chi connectivity index (χ4v) is 4.29. The first-order chi connectivity index (χ1) is 12.3. The summed E-state index contributed by atoms with van der Waals surface area (Å²) < 4.78 is 22.2. The summed E-state index contributed by atoms with van der Waals surface area (Å²) in [5.74, 6) is -0.406. The summed E-state index contributed by atoms with van der Waals surface area (Å²) in [5, 5.41) is 0. The molecular weight excluding hydrogens is 336 g/mol. The van der Waals surface area contributed by atoms with E-state index in [1.165, 1.54) is 0 Å². The largest absolute Gasteiger partial charge is 0.465 e. The van der Waals surface area contributed by atoms with Crippen molar-refractivity contribution < 1.29 is 28.5 Å². The lowest BCUT2D eigenvalue weighted by atomic mass is 9.83. The maximum Gasteiger partial charge on any atom is 0.309 e. The van der Waals surface area contributed by atoms with Crippen molar-refractivity contribution in [3.63, 3.8) is 0 Å². The van der Waals surface area contributed by atoms with E-state index in [0.29, 0.717) is 6.10 Å². The normalized spacial score (nSPS) is 40.8. The van der Waals surface area contributed by atoms with Crippen molar-refractivity contribution in [3.8, 4) is 0 Å². The molecule has 0 aromatic heterocycles. The van der Waals surface area contributed by atoms with Gasteiger partial charge in [0.1, 0.15) is 0 Å². The number of epoxide rings is 2. The molecule has 0 aromatic carbocycles. The highest BCUT2D eigenvalue weighted by molar-refractivity contribution is 5.73.